The molecule has 0 aliphatic carbocycles. The predicted molar refractivity (Wildman–Crippen MR) is 130 cm³/mol. The third kappa shape index (κ3) is 6.33. The maximum Gasteiger partial charge on any atom is 0.416 e. The lowest BCUT2D eigenvalue weighted by atomic mass is 10.0. The van der Waals surface area contributed by atoms with E-state index in [4.69, 9.17) is 5.11 Å². The highest BCUT2D eigenvalue weighted by Gasteiger charge is 2.32. The monoisotopic (exact) mass is 551 g/mol. The molecule has 0 fully saturated rings. The fourth-order valence-electron chi connectivity index (χ4n) is 4.21. The van der Waals surface area contributed by atoms with E-state index in [2.05, 4.69) is 4.99 Å². The van der Waals surface area contributed by atoms with Gasteiger partial charge in [-0.2, -0.15) is 26.3 Å². The summed E-state index contributed by atoms with van der Waals surface area (Å²) in [5.74, 6) is -1.05. The van der Waals surface area contributed by atoms with Crippen LogP contribution >= 0.6 is 0 Å². The summed E-state index contributed by atoms with van der Waals surface area (Å²) < 4.78 is 83.3. The second-order valence-corrected chi connectivity index (χ2v) is 9.00. The first kappa shape index (κ1) is 28.0. The van der Waals surface area contributed by atoms with Crippen molar-refractivity contribution in [3.8, 4) is 0 Å². The zero-order chi connectivity index (χ0) is 28.5. The molecule has 1 unspecified atom stereocenters. The number of hydrogen-bond donors (Lipinski definition) is 2. The van der Waals surface area contributed by atoms with Gasteiger partial charge in [-0.05, 0) is 53.9 Å². The topological polar surface area (TPSA) is 79.8 Å². The van der Waals surface area contributed by atoms with Crippen molar-refractivity contribution in [3.63, 3.8) is 0 Å². The molecule has 0 aliphatic heterocycles. The lowest BCUT2D eigenvalue weighted by molar-refractivity contribution is -0.138. The molecule has 0 radical (unpaired) electrons. The van der Waals surface area contributed by atoms with Crippen molar-refractivity contribution in [2.24, 2.45) is 12.0 Å². The number of hydrogen-bond acceptors (Lipinski definition) is 3. The van der Waals surface area contributed by atoms with Gasteiger partial charge in [0, 0.05) is 13.5 Å². The SMILES string of the molecule is Cn1c(=Nc2cccc(C(F)(F)F)c2)n(Cc2ccc(C(O)CCC(=O)O)cc2)c2cc(C(F)(F)F)ccc21. The fraction of sp³-hybridized carbons (Fsp3) is 0.259. The molecule has 1 heterocycles. The average Bonchev–Trinajstić information content (AvgIpc) is 3.12. The lowest BCUT2D eigenvalue weighted by Gasteiger charge is -2.12. The minimum atomic E-state index is -4.62. The number of carboxylic acid groups (broad SMARTS) is 1. The van der Waals surface area contributed by atoms with Crippen LogP contribution in [0, 0.1) is 0 Å². The van der Waals surface area contributed by atoms with Gasteiger partial charge in [-0.25, -0.2) is 4.99 Å². The van der Waals surface area contributed by atoms with Crippen LogP contribution in [0.4, 0.5) is 32.0 Å². The van der Waals surface area contributed by atoms with E-state index in [0.717, 1.165) is 24.3 Å². The summed E-state index contributed by atoms with van der Waals surface area (Å²) in [7, 11) is 1.56. The highest BCUT2D eigenvalue weighted by Crippen LogP contribution is 2.33. The summed E-state index contributed by atoms with van der Waals surface area (Å²) in [5.41, 5.74) is -0.0808. The summed E-state index contributed by atoms with van der Waals surface area (Å²) in [6, 6.07) is 13.9. The maximum absolute atomic E-state index is 13.5. The third-order valence-corrected chi connectivity index (χ3v) is 6.24. The van der Waals surface area contributed by atoms with Gasteiger partial charge in [0.1, 0.15) is 0 Å². The van der Waals surface area contributed by atoms with E-state index in [0.29, 0.717) is 16.6 Å². The van der Waals surface area contributed by atoms with Crippen molar-refractivity contribution in [1.82, 2.24) is 9.13 Å². The van der Waals surface area contributed by atoms with Crippen LogP contribution < -0.4 is 5.62 Å². The molecule has 12 heteroatoms. The number of aliphatic hydroxyl groups excluding tert-OH is 1. The van der Waals surface area contributed by atoms with Crippen molar-refractivity contribution in [2.45, 2.75) is 37.8 Å². The number of rotatable bonds is 7. The van der Waals surface area contributed by atoms with Crippen LogP contribution in [0.15, 0.2) is 71.7 Å². The Labute approximate surface area is 218 Å². The Morgan fingerprint density at radius 3 is 2.15 bits per heavy atom. The second kappa shape index (κ2) is 10.6. The van der Waals surface area contributed by atoms with E-state index in [1.54, 1.807) is 31.3 Å². The van der Waals surface area contributed by atoms with E-state index in [1.807, 2.05) is 0 Å². The minimum absolute atomic E-state index is 0.00693. The Morgan fingerprint density at radius 2 is 1.54 bits per heavy atom. The van der Waals surface area contributed by atoms with Gasteiger partial charge >= 0.3 is 18.3 Å². The Kier molecular flexibility index (Phi) is 7.60. The number of aryl methyl sites for hydroxylation is 1. The summed E-state index contributed by atoms with van der Waals surface area (Å²) in [5, 5.41) is 19.0. The number of halogens is 6. The maximum atomic E-state index is 13.5. The van der Waals surface area contributed by atoms with E-state index in [1.165, 1.54) is 27.3 Å². The first-order valence-corrected chi connectivity index (χ1v) is 11.7. The summed E-state index contributed by atoms with van der Waals surface area (Å²) in [6.07, 6.45) is -10.4. The van der Waals surface area contributed by atoms with Crippen molar-refractivity contribution < 1.29 is 41.4 Å². The molecule has 0 amide bonds. The van der Waals surface area contributed by atoms with E-state index in [9.17, 15) is 36.2 Å². The quantitative estimate of drug-likeness (QED) is 0.269. The average molecular weight is 551 g/mol. The lowest BCUT2D eigenvalue weighted by Crippen LogP contribution is -2.24. The second-order valence-electron chi connectivity index (χ2n) is 9.00. The third-order valence-electron chi connectivity index (χ3n) is 6.24. The van der Waals surface area contributed by atoms with E-state index >= 15 is 0 Å². The number of aliphatic carboxylic acids is 1. The molecule has 1 aromatic heterocycles. The van der Waals surface area contributed by atoms with Crippen LogP contribution in [0.25, 0.3) is 11.0 Å². The van der Waals surface area contributed by atoms with E-state index in [-0.39, 0.29) is 36.2 Å². The number of aromatic nitrogens is 2. The van der Waals surface area contributed by atoms with Gasteiger partial charge in [0.25, 0.3) is 0 Å². The molecule has 206 valence electrons. The standard InChI is InChI=1S/C27H23F6N3O3/c1-35-21-10-9-19(27(31,32)33)14-22(21)36(25(35)34-20-4-2-3-18(13-20)26(28,29)30)15-16-5-7-17(8-6-16)23(37)11-12-24(38)39/h2-10,13-14,23,37H,11-12,15H2,1H3,(H,38,39). The summed E-state index contributed by atoms with van der Waals surface area (Å²) in [4.78, 5) is 15.1. The molecule has 0 saturated carbocycles. The summed E-state index contributed by atoms with van der Waals surface area (Å²) >= 11 is 0. The Balaban J connectivity index is 1.83. The molecule has 2 N–H and O–H groups in total. The molecule has 6 nitrogen and oxygen atoms in total. The van der Waals surface area contributed by atoms with Crippen molar-refractivity contribution in [3.05, 3.63) is 94.6 Å². The highest BCUT2D eigenvalue weighted by atomic mass is 19.4. The van der Waals surface area contributed by atoms with Crippen molar-refractivity contribution in [1.29, 1.82) is 0 Å². The predicted octanol–water partition coefficient (Wildman–Crippen LogP) is 6.20. The zero-order valence-corrected chi connectivity index (χ0v) is 20.5. The van der Waals surface area contributed by atoms with Gasteiger partial charge in [-0.1, -0.05) is 30.3 Å². The first-order valence-electron chi connectivity index (χ1n) is 11.7. The molecular weight excluding hydrogens is 528 g/mol. The minimum Gasteiger partial charge on any atom is -0.481 e. The molecule has 3 aromatic carbocycles. The molecule has 4 aromatic rings. The van der Waals surface area contributed by atoms with Gasteiger partial charge in [0.05, 0.1) is 40.5 Å². The Hall–Kier alpha value is -4.06. The number of alkyl halides is 6. The molecule has 0 spiro atoms. The molecular formula is C27H23F6N3O3. The highest BCUT2D eigenvalue weighted by molar-refractivity contribution is 5.77. The van der Waals surface area contributed by atoms with Gasteiger partial charge in [-0.15, -0.1) is 0 Å². The van der Waals surface area contributed by atoms with Crippen LogP contribution in [0.5, 0.6) is 0 Å². The van der Waals surface area contributed by atoms with Gasteiger partial charge in [-0.3, -0.25) is 4.79 Å². The Bertz CT molecular complexity index is 1570. The summed E-state index contributed by atoms with van der Waals surface area (Å²) in [6.45, 7) is 0.0158. The molecule has 0 aliphatic rings. The number of imidazole rings is 1. The van der Waals surface area contributed by atoms with Crippen LogP contribution in [0.2, 0.25) is 0 Å². The number of carboxylic acids is 1. The van der Waals surface area contributed by atoms with Gasteiger partial charge in [0.15, 0.2) is 0 Å². The zero-order valence-electron chi connectivity index (χ0n) is 20.5. The van der Waals surface area contributed by atoms with Gasteiger partial charge in [0.2, 0.25) is 5.62 Å². The number of aliphatic hydroxyl groups is 1. The molecule has 39 heavy (non-hydrogen) atoms. The van der Waals surface area contributed by atoms with Crippen LogP contribution in [-0.4, -0.2) is 25.3 Å². The number of nitrogens with zero attached hydrogens (tertiary/aromatic N) is 3. The van der Waals surface area contributed by atoms with Crippen LogP contribution in [0.3, 0.4) is 0 Å². The van der Waals surface area contributed by atoms with Crippen molar-refractivity contribution in [2.75, 3.05) is 0 Å². The number of carbonyl (C=O) groups is 1. The smallest absolute Gasteiger partial charge is 0.416 e. The van der Waals surface area contributed by atoms with E-state index < -0.39 is 35.6 Å². The fourth-order valence-corrected chi connectivity index (χ4v) is 4.21. The molecule has 0 saturated heterocycles. The first-order chi connectivity index (χ1) is 18.2. The van der Waals surface area contributed by atoms with Crippen LogP contribution in [0.1, 0.15) is 41.2 Å². The molecule has 1 atom stereocenters. The molecule has 0 bridgehead atoms. The number of fused-ring (bicyclic) bond motifs is 1. The normalized spacial score (nSPS) is 13.7. The molecule has 4 rings (SSSR count). The van der Waals surface area contributed by atoms with Crippen LogP contribution in [-0.2, 0) is 30.7 Å². The Morgan fingerprint density at radius 1 is 0.897 bits per heavy atom. The van der Waals surface area contributed by atoms with Gasteiger partial charge < -0.3 is 19.3 Å². The largest absolute Gasteiger partial charge is 0.481 e. The number of benzene rings is 3. The van der Waals surface area contributed by atoms with Crippen molar-refractivity contribution >= 4 is 22.7 Å².